The van der Waals surface area contributed by atoms with Gasteiger partial charge in [0.25, 0.3) is 0 Å². The lowest BCUT2D eigenvalue weighted by Crippen LogP contribution is -2.47. The first kappa shape index (κ1) is 22.7. The molecule has 0 spiro atoms. The zero-order chi connectivity index (χ0) is 22.3. The summed E-state index contributed by atoms with van der Waals surface area (Å²) >= 11 is 0. The average molecular weight is 414 g/mol. The van der Waals surface area contributed by atoms with Crippen LogP contribution in [0.25, 0.3) is 0 Å². The van der Waals surface area contributed by atoms with Gasteiger partial charge >= 0.3 is 12.1 Å². The number of phenols is 1. The van der Waals surface area contributed by atoms with Gasteiger partial charge in [0.15, 0.2) is 5.75 Å². The molecule has 0 aliphatic rings. The predicted molar refractivity (Wildman–Crippen MR) is 111 cm³/mol. The van der Waals surface area contributed by atoms with Gasteiger partial charge < -0.3 is 25.2 Å². The van der Waals surface area contributed by atoms with Crippen molar-refractivity contribution in [3.05, 3.63) is 59.7 Å². The molecule has 1 atom stereocenters. The SMILES string of the molecule is COC(=O)c1cccc(NC(=O)C(Cc2ccccc2)NC(=O)OC(C)(C)C)c1O. The number of phenolic OH excluding ortho intramolecular Hbond substituents is 1. The van der Waals surface area contributed by atoms with Crippen molar-refractivity contribution in [1.82, 2.24) is 5.32 Å². The summed E-state index contributed by atoms with van der Waals surface area (Å²) in [5.74, 6) is -1.74. The second kappa shape index (κ2) is 9.78. The van der Waals surface area contributed by atoms with E-state index in [1.165, 1.54) is 25.3 Å². The maximum Gasteiger partial charge on any atom is 0.408 e. The molecule has 0 fully saturated rings. The second-order valence-electron chi connectivity index (χ2n) is 7.57. The molecule has 0 bridgehead atoms. The topological polar surface area (TPSA) is 114 Å². The number of alkyl carbamates (subject to hydrolysis) is 1. The van der Waals surface area contributed by atoms with E-state index in [1.54, 1.807) is 20.8 Å². The summed E-state index contributed by atoms with van der Waals surface area (Å²) in [6.45, 7) is 5.15. The summed E-state index contributed by atoms with van der Waals surface area (Å²) in [5, 5.41) is 15.4. The first-order valence-electron chi connectivity index (χ1n) is 9.35. The van der Waals surface area contributed by atoms with E-state index < -0.39 is 35.4 Å². The molecule has 0 saturated carbocycles. The smallest absolute Gasteiger partial charge is 0.408 e. The van der Waals surface area contributed by atoms with E-state index in [-0.39, 0.29) is 17.7 Å². The van der Waals surface area contributed by atoms with Gasteiger partial charge in [-0.2, -0.15) is 0 Å². The highest BCUT2D eigenvalue weighted by Gasteiger charge is 2.26. The lowest BCUT2D eigenvalue weighted by Gasteiger charge is -2.23. The van der Waals surface area contributed by atoms with Gasteiger partial charge in [-0.05, 0) is 38.5 Å². The largest absolute Gasteiger partial charge is 0.505 e. The van der Waals surface area contributed by atoms with Gasteiger partial charge in [-0.1, -0.05) is 36.4 Å². The Balaban J connectivity index is 2.24. The molecule has 0 heterocycles. The van der Waals surface area contributed by atoms with Gasteiger partial charge in [-0.25, -0.2) is 9.59 Å². The Kier molecular flexibility index (Phi) is 7.41. The molecule has 2 aromatic rings. The third-order valence-corrected chi connectivity index (χ3v) is 3.99. The minimum Gasteiger partial charge on any atom is -0.505 e. The quantitative estimate of drug-likeness (QED) is 0.494. The molecule has 0 saturated heterocycles. The van der Waals surface area contributed by atoms with E-state index in [9.17, 15) is 19.5 Å². The van der Waals surface area contributed by atoms with Gasteiger partial charge in [0.2, 0.25) is 5.91 Å². The lowest BCUT2D eigenvalue weighted by molar-refractivity contribution is -0.118. The standard InChI is InChI=1S/C22H26N2O6/c1-22(2,3)30-21(28)24-17(13-14-9-6-5-7-10-14)19(26)23-16-12-8-11-15(18(16)25)20(27)29-4/h5-12,17,25H,13H2,1-4H3,(H,23,26)(H,24,28). The first-order valence-corrected chi connectivity index (χ1v) is 9.35. The Labute approximate surface area is 175 Å². The van der Waals surface area contributed by atoms with E-state index in [2.05, 4.69) is 15.4 Å². The van der Waals surface area contributed by atoms with Crippen LogP contribution in [0.1, 0.15) is 36.7 Å². The number of ether oxygens (including phenoxy) is 2. The van der Waals surface area contributed by atoms with Crippen molar-refractivity contribution in [1.29, 1.82) is 0 Å². The number of amides is 2. The predicted octanol–water partition coefficient (Wildman–Crippen LogP) is 3.25. The van der Waals surface area contributed by atoms with Crippen molar-refractivity contribution in [3.8, 4) is 5.75 Å². The van der Waals surface area contributed by atoms with E-state index in [4.69, 9.17) is 4.74 Å². The monoisotopic (exact) mass is 414 g/mol. The van der Waals surface area contributed by atoms with E-state index in [1.807, 2.05) is 30.3 Å². The van der Waals surface area contributed by atoms with Crippen LogP contribution in [-0.2, 0) is 20.7 Å². The van der Waals surface area contributed by atoms with Crippen LogP contribution in [0.15, 0.2) is 48.5 Å². The van der Waals surface area contributed by atoms with Gasteiger partial charge in [0, 0.05) is 6.42 Å². The van der Waals surface area contributed by atoms with Crippen LogP contribution in [0.2, 0.25) is 0 Å². The average Bonchev–Trinajstić information content (AvgIpc) is 2.67. The number of carbonyl (C=O) groups excluding carboxylic acids is 3. The van der Waals surface area contributed by atoms with Crippen molar-refractivity contribution in [2.24, 2.45) is 0 Å². The number of methoxy groups -OCH3 is 1. The molecule has 2 aromatic carbocycles. The number of anilines is 1. The van der Waals surface area contributed by atoms with Gasteiger partial charge in [-0.3, -0.25) is 4.79 Å². The molecule has 3 N–H and O–H groups in total. The molecule has 1 unspecified atom stereocenters. The van der Waals surface area contributed by atoms with Crippen molar-refractivity contribution in [2.45, 2.75) is 38.8 Å². The van der Waals surface area contributed by atoms with Crippen molar-refractivity contribution in [2.75, 3.05) is 12.4 Å². The van der Waals surface area contributed by atoms with Crippen molar-refractivity contribution in [3.63, 3.8) is 0 Å². The number of carbonyl (C=O) groups is 3. The second-order valence-corrected chi connectivity index (χ2v) is 7.57. The minimum absolute atomic E-state index is 0.0203. The first-order chi connectivity index (χ1) is 14.1. The molecule has 8 nitrogen and oxygen atoms in total. The Bertz CT molecular complexity index is 906. The summed E-state index contributed by atoms with van der Waals surface area (Å²) in [5.41, 5.74) is 0.0218. The van der Waals surface area contributed by atoms with Crippen molar-refractivity contribution < 1.29 is 29.0 Å². The molecular weight excluding hydrogens is 388 g/mol. The van der Waals surface area contributed by atoms with Crippen LogP contribution in [0.3, 0.4) is 0 Å². The summed E-state index contributed by atoms with van der Waals surface area (Å²) in [7, 11) is 1.19. The number of nitrogens with one attached hydrogen (secondary N) is 2. The number of rotatable bonds is 6. The highest BCUT2D eigenvalue weighted by Crippen LogP contribution is 2.28. The number of hydrogen-bond donors (Lipinski definition) is 3. The summed E-state index contributed by atoms with van der Waals surface area (Å²) in [6.07, 6.45) is -0.547. The van der Waals surface area contributed by atoms with Crippen molar-refractivity contribution >= 4 is 23.7 Å². The zero-order valence-corrected chi connectivity index (χ0v) is 17.4. The molecule has 30 heavy (non-hydrogen) atoms. The van der Waals surface area contributed by atoms with Crippen LogP contribution in [0, 0.1) is 0 Å². The molecule has 8 heteroatoms. The third-order valence-electron chi connectivity index (χ3n) is 3.99. The highest BCUT2D eigenvalue weighted by molar-refractivity contribution is 6.01. The number of benzene rings is 2. The molecular formula is C22H26N2O6. The maximum atomic E-state index is 12.9. The minimum atomic E-state index is -0.983. The Morgan fingerprint density at radius 3 is 2.30 bits per heavy atom. The fourth-order valence-corrected chi connectivity index (χ4v) is 2.65. The summed E-state index contributed by atoms with van der Waals surface area (Å²) < 4.78 is 9.87. The Morgan fingerprint density at radius 1 is 1.03 bits per heavy atom. The van der Waals surface area contributed by atoms with Crippen LogP contribution in [0.4, 0.5) is 10.5 Å². The van der Waals surface area contributed by atoms with Gasteiger partial charge in [-0.15, -0.1) is 0 Å². The normalized spacial score (nSPS) is 11.9. The van der Waals surface area contributed by atoms with Gasteiger partial charge in [0.05, 0.1) is 12.8 Å². The summed E-state index contributed by atoms with van der Waals surface area (Å²) in [6, 6.07) is 12.5. The molecule has 2 amide bonds. The Morgan fingerprint density at radius 2 is 1.70 bits per heavy atom. The molecule has 160 valence electrons. The van der Waals surface area contributed by atoms with Crippen LogP contribution < -0.4 is 10.6 Å². The van der Waals surface area contributed by atoms with Gasteiger partial charge in [0.1, 0.15) is 17.2 Å². The number of hydrogen-bond acceptors (Lipinski definition) is 6. The van der Waals surface area contributed by atoms with E-state index in [0.29, 0.717) is 0 Å². The van der Waals surface area contributed by atoms with E-state index in [0.717, 1.165) is 5.56 Å². The number of aromatic hydroxyl groups is 1. The zero-order valence-electron chi connectivity index (χ0n) is 17.4. The molecule has 2 rings (SSSR count). The van der Waals surface area contributed by atoms with Crippen LogP contribution in [-0.4, -0.2) is 41.8 Å². The fourth-order valence-electron chi connectivity index (χ4n) is 2.65. The number of esters is 1. The number of para-hydroxylation sites is 1. The van der Waals surface area contributed by atoms with Crippen LogP contribution >= 0.6 is 0 Å². The Hall–Kier alpha value is -3.55. The molecule has 0 aromatic heterocycles. The lowest BCUT2D eigenvalue weighted by atomic mass is 10.0. The third kappa shape index (κ3) is 6.51. The fraction of sp³-hybridized carbons (Fsp3) is 0.318. The summed E-state index contributed by atoms with van der Waals surface area (Å²) in [4.78, 5) is 36.9. The maximum absolute atomic E-state index is 12.9. The molecule has 0 radical (unpaired) electrons. The highest BCUT2D eigenvalue weighted by atomic mass is 16.6. The van der Waals surface area contributed by atoms with E-state index >= 15 is 0 Å². The van der Waals surface area contributed by atoms with Crippen LogP contribution in [0.5, 0.6) is 5.75 Å². The molecule has 0 aliphatic carbocycles. The molecule has 0 aliphatic heterocycles.